The molecule has 6 heteroatoms. The van der Waals surface area contributed by atoms with Crippen molar-refractivity contribution in [2.45, 2.75) is 19.4 Å². The average molecular weight is 415 g/mol. The van der Waals surface area contributed by atoms with Gasteiger partial charge in [0.05, 0.1) is 5.69 Å². The zero-order chi connectivity index (χ0) is 15.0. The van der Waals surface area contributed by atoms with Crippen molar-refractivity contribution in [3.8, 4) is 10.6 Å². The molecule has 0 amide bonds. The van der Waals surface area contributed by atoms with Crippen LogP contribution >= 0.6 is 39.7 Å². The number of benzene rings is 1. The Bertz CT molecular complexity index is 669. The summed E-state index contributed by atoms with van der Waals surface area (Å²) in [5.41, 5.74) is 2.95. The zero-order valence-electron chi connectivity index (χ0n) is 12.9. The fraction of sp³-hybridized carbons (Fsp3) is 0.471. The predicted octanol–water partition coefficient (Wildman–Crippen LogP) is 4.18. The van der Waals surface area contributed by atoms with Gasteiger partial charge in [-0.05, 0) is 43.5 Å². The highest BCUT2D eigenvalue weighted by Gasteiger charge is 2.40. The molecular weight excluding hydrogens is 394 g/mol. The fourth-order valence-electron chi connectivity index (χ4n) is 3.67. The van der Waals surface area contributed by atoms with E-state index in [0.717, 1.165) is 16.0 Å². The molecule has 3 nitrogen and oxygen atoms in total. The summed E-state index contributed by atoms with van der Waals surface area (Å²) in [5.74, 6) is 0. The molecule has 1 N–H and O–H groups in total. The van der Waals surface area contributed by atoms with Gasteiger partial charge in [-0.2, -0.15) is 0 Å². The topological polar surface area (TPSA) is 28.2 Å². The third-order valence-electron chi connectivity index (χ3n) is 4.86. The smallest absolute Gasteiger partial charge is 0.123 e. The number of hydrogen-bond donors (Lipinski definition) is 1. The van der Waals surface area contributed by atoms with Crippen molar-refractivity contribution in [1.29, 1.82) is 0 Å². The van der Waals surface area contributed by atoms with Gasteiger partial charge in [-0.25, -0.2) is 4.98 Å². The first-order valence-electron chi connectivity index (χ1n) is 7.86. The van der Waals surface area contributed by atoms with Crippen LogP contribution in [0.2, 0.25) is 0 Å². The number of rotatable bonds is 3. The third-order valence-corrected chi connectivity index (χ3v) is 6.29. The Labute approximate surface area is 156 Å². The first-order valence-corrected chi connectivity index (χ1v) is 9.53. The molecule has 124 valence electrons. The average Bonchev–Trinajstić information content (AvgIpc) is 3.23. The first-order chi connectivity index (χ1) is 10.7. The van der Waals surface area contributed by atoms with Crippen molar-refractivity contribution in [2.75, 3.05) is 26.2 Å². The molecule has 1 aromatic heterocycles. The van der Waals surface area contributed by atoms with Crippen molar-refractivity contribution in [1.82, 2.24) is 15.2 Å². The number of aromatic nitrogens is 1. The van der Waals surface area contributed by atoms with E-state index in [2.05, 4.69) is 55.8 Å². The molecule has 2 aliphatic rings. The van der Waals surface area contributed by atoms with E-state index < -0.39 is 0 Å². The molecular formula is C17H21BrClN3S. The van der Waals surface area contributed by atoms with E-state index in [1.165, 1.54) is 50.3 Å². The van der Waals surface area contributed by atoms with Gasteiger partial charge in [-0.3, -0.25) is 4.90 Å². The molecule has 2 saturated heterocycles. The van der Waals surface area contributed by atoms with Gasteiger partial charge in [0.2, 0.25) is 0 Å². The van der Waals surface area contributed by atoms with Crippen molar-refractivity contribution in [2.24, 2.45) is 5.41 Å². The number of likely N-dealkylation sites (tertiary alicyclic amines) is 1. The van der Waals surface area contributed by atoms with E-state index in [0.29, 0.717) is 5.41 Å². The Hall–Kier alpha value is -0.460. The van der Waals surface area contributed by atoms with Gasteiger partial charge in [-0.1, -0.05) is 28.1 Å². The van der Waals surface area contributed by atoms with Crippen LogP contribution in [-0.4, -0.2) is 36.1 Å². The number of hydrogen-bond acceptors (Lipinski definition) is 4. The molecule has 1 aromatic carbocycles. The number of halogens is 2. The molecule has 2 aromatic rings. The largest absolute Gasteiger partial charge is 0.316 e. The van der Waals surface area contributed by atoms with Gasteiger partial charge < -0.3 is 5.32 Å². The molecule has 0 saturated carbocycles. The van der Waals surface area contributed by atoms with Crippen LogP contribution < -0.4 is 5.32 Å². The summed E-state index contributed by atoms with van der Waals surface area (Å²) in [6.07, 6.45) is 2.67. The van der Waals surface area contributed by atoms with Crippen molar-refractivity contribution >= 4 is 39.7 Å². The minimum Gasteiger partial charge on any atom is -0.316 e. The summed E-state index contributed by atoms with van der Waals surface area (Å²) < 4.78 is 1.11. The highest BCUT2D eigenvalue weighted by atomic mass is 79.9. The third kappa shape index (κ3) is 3.80. The summed E-state index contributed by atoms with van der Waals surface area (Å²) in [5, 5.41) is 6.86. The SMILES string of the molecule is Brc1cccc(-c2nc(CN3CCC4(CCNC4)C3)cs2)c1.Cl. The molecule has 1 spiro atoms. The Morgan fingerprint density at radius 2 is 2.26 bits per heavy atom. The van der Waals surface area contributed by atoms with Gasteiger partial charge in [0.25, 0.3) is 0 Å². The van der Waals surface area contributed by atoms with E-state index >= 15 is 0 Å². The molecule has 0 radical (unpaired) electrons. The van der Waals surface area contributed by atoms with E-state index in [-0.39, 0.29) is 12.4 Å². The summed E-state index contributed by atoms with van der Waals surface area (Å²) in [6, 6.07) is 8.38. The highest BCUT2D eigenvalue weighted by Crippen LogP contribution is 2.36. The Morgan fingerprint density at radius 1 is 1.35 bits per heavy atom. The second kappa shape index (κ2) is 7.19. The van der Waals surface area contributed by atoms with Gasteiger partial charge in [0.1, 0.15) is 5.01 Å². The monoisotopic (exact) mass is 413 g/mol. The molecule has 0 bridgehead atoms. The summed E-state index contributed by atoms with van der Waals surface area (Å²) in [4.78, 5) is 7.42. The van der Waals surface area contributed by atoms with Crippen LogP contribution in [0.5, 0.6) is 0 Å². The summed E-state index contributed by atoms with van der Waals surface area (Å²) in [6.45, 7) is 5.82. The molecule has 0 aliphatic carbocycles. The Morgan fingerprint density at radius 3 is 3.04 bits per heavy atom. The van der Waals surface area contributed by atoms with Crippen LogP contribution in [0.4, 0.5) is 0 Å². The molecule has 3 heterocycles. The van der Waals surface area contributed by atoms with Crippen molar-refractivity contribution in [3.63, 3.8) is 0 Å². The van der Waals surface area contributed by atoms with Crippen LogP contribution in [0.25, 0.3) is 10.6 Å². The van der Waals surface area contributed by atoms with Gasteiger partial charge in [0, 0.05) is 35.1 Å². The van der Waals surface area contributed by atoms with Crippen LogP contribution in [0.15, 0.2) is 34.1 Å². The number of nitrogens with one attached hydrogen (secondary N) is 1. The zero-order valence-corrected chi connectivity index (χ0v) is 16.1. The molecule has 1 atom stereocenters. The maximum absolute atomic E-state index is 4.84. The summed E-state index contributed by atoms with van der Waals surface area (Å²) in [7, 11) is 0. The van der Waals surface area contributed by atoms with Crippen LogP contribution in [-0.2, 0) is 6.54 Å². The van der Waals surface area contributed by atoms with E-state index in [4.69, 9.17) is 4.98 Å². The van der Waals surface area contributed by atoms with E-state index in [1.807, 2.05) is 0 Å². The maximum Gasteiger partial charge on any atom is 0.123 e. The molecule has 2 aliphatic heterocycles. The second-order valence-corrected chi connectivity index (χ2v) is 8.32. The molecule has 23 heavy (non-hydrogen) atoms. The van der Waals surface area contributed by atoms with Gasteiger partial charge >= 0.3 is 0 Å². The fourth-order valence-corrected chi connectivity index (χ4v) is 4.88. The molecule has 1 unspecified atom stereocenters. The molecule has 2 fully saturated rings. The maximum atomic E-state index is 4.84. The van der Waals surface area contributed by atoms with E-state index in [9.17, 15) is 0 Å². The number of nitrogens with zero attached hydrogens (tertiary/aromatic N) is 2. The lowest BCUT2D eigenvalue weighted by atomic mass is 9.87. The lowest BCUT2D eigenvalue weighted by Crippen LogP contribution is -2.29. The Balaban J connectivity index is 0.00000156. The standard InChI is InChI=1S/C17H20BrN3S.ClH/c18-14-3-1-2-13(8-14)16-20-15(10-22-16)9-21-7-5-17(12-21)4-6-19-11-17;/h1-3,8,10,19H,4-7,9,11-12H2;1H. The molecule has 4 rings (SSSR count). The normalized spacial score (nSPS) is 24.2. The van der Waals surface area contributed by atoms with Crippen molar-refractivity contribution < 1.29 is 0 Å². The van der Waals surface area contributed by atoms with Crippen LogP contribution in [0, 0.1) is 5.41 Å². The van der Waals surface area contributed by atoms with E-state index in [1.54, 1.807) is 11.3 Å². The predicted molar refractivity (Wildman–Crippen MR) is 102 cm³/mol. The minimum atomic E-state index is 0. The lowest BCUT2D eigenvalue weighted by molar-refractivity contribution is 0.267. The van der Waals surface area contributed by atoms with Gasteiger partial charge in [-0.15, -0.1) is 23.7 Å². The summed E-state index contributed by atoms with van der Waals surface area (Å²) >= 11 is 5.28. The number of thiazole rings is 1. The minimum absolute atomic E-state index is 0. The van der Waals surface area contributed by atoms with Crippen LogP contribution in [0.1, 0.15) is 18.5 Å². The first kappa shape index (κ1) is 17.4. The van der Waals surface area contributed by atoms with Crippen molar-refractivity contribution in [3.05, 3.63) is 39.8 Å². The van der Waals surface area contributed by atoms with Gasteiger partial charge in [0.15, 0.2) is 0 Å². The quantitative estimate of drug-likeness (QED) is 0.816. The second-order valence-electron chi connectivity index (χ2n) is 6.54. The highest BCUT2D eigenvalue weighted by molar-refractivity contribution is 9.10. The lowest BCUT2D eigenvalue weighted by Gasteiger charge is -2.22. The van der Waals surface area contributed by atoms with Crippen LogP contribution in [0.3, 0.4) is 0 Å². The Kier molecular flexibility index (Phi) is 5.43.